The Balaban J connectivity index is 1.95. The Labute approximate surface area is 168 Å². The van der Waals surface area contributed by atoms with E-state index in [-0.39, 0.29) is 9.92 Å². The summed E-state index contributed by atoms with van der Waals surface area (Å²) in [6.45, 7) is 0. The van der Waals surface area contributed by atoms with E-state index >= 15 is 0 Å². The van der Waals surface area contributed by atoms with Crippen molar-refractivity contribution in [3.8, 4) is 22.7 Å². The molecule has 8 heteroatoms. The van der Waals surface area contributed by atoms with Gasteiger partial charge in [-0.05, 0) is 42.5 Å². The Bertz CT molecular complexity index is 1250. The van der Waals surface area contributed by atoms with Crippen molar-refractivity contribution in [1.82, 2.24) is 15.0 Å². The first-order valence-corrected chi connectivity index (χ1v) is 10.3. The summed E-state index contributed by atoms with van der Waals surface area (Å²) in [6, 6.07) is 22.4. The Hall–Kier alpha value is -3.65. The van der Waals surface area contributed by atoms with Crippen molar-refractivity contribution in [2.24, 2.45) is 0 Å². The molecule has 1 heterocycles. The van der Waals surface area contributed by atoms with E-state index < -0.39 is 9.84 Å². The summed E-state index contributed by atoms with van der Waals surface area (Å²) in [5.41, 5.74) is 8.08. The van der Waals surface area contributed by atoms with E-state index in [4.69, 9.17) is 10.5 Å². The number of ether oxygens (including phenoxy) is 1. The predicted molar refractivity (Wildman–Crippen MR) is 110 cm³/mol. The van der Waals surface area contributed by atoms with E-state index in [1.165, 1.54) is 23.9 Å². The second-order valence-corrected chi connectivity index (χ2v) is 8.16. The van der Waals surface area contributed by atoms with E-state index in [9.17, 15) is 8.42 Å². The quantitative estimate of drug-likeness (QED) is 0.510. The van der Waals surface area contributed by atoms with E-state index in [0.29, 0.717) is 28.4 Å². The van der Waals surface area contributed by atoms with Gasteiger partial charge in [0, 0.05) is 11.3 Å². The van der Waals surface area contributed by atoms with Gasteiger partial charge in [-0.3, -0.25) is 0 Å². The van der Waals surface area contributed by atoms with Crippen molar-refractivity contribution in [2.45, 2.75) is 9.92 Å². The second kappa shape index (κ2) is 7.40. The lowest BCUT2D eigenvalue weighted by Crippen LogP contribution is -2.06. The van der Waals surface area contributed by atoms with Crippen LogP contribution in [0.15, 0.2) is 88.8 Å². The van der Waals surface area contributed by atoms with Gasteiger partial charge >= 0.3 is 0 Å². The third kappa shape index (κ3) is 3.45. The number of nitrogens with two attached hydrogens (primary N) is 1. The van der Waals surface area contributed by atoms with Gasteiger partial charge in [0.25, 0.3) is 0 Å². The van der Waals surface area contributed by atoms with Crippen molar-refractivity contribution in [2.75, 3.05) is 12.8 Å². The zero-order chi connectivity index (χ0) is 20.4. The number of methoxy groups -OCH3 is 1. The van der Waals surface area contributed by atoms with E-state index in [1.807, 2.05) is 30.3 Å². The first-order valence-electron chi connectivity index (χ1n) is 8.77. The van der Waals surface area contributed by atoms with Gasteiger partial charge in [0.05, 0.1) is 17.7 Å². The molecule has 0 atom stereocenters. The maximum Gasteiger partial charge on any atom is 0.228 e. The van der Waals surface area contributed by atoms with Gasteiger partial charge in [0.15, 0.2) is 0 Å². The molecule has 0 unspecified atom stereocenters. The largest absolute Gasteiger partial charge is 0.497 e. The molecule has 4 rings (SSSR count). The maximum absolute atomic E-state index is 13.4. The monoisotopic (exact) mass is 406 g/mol. The van der Waals surface area contributed by atoms with Gasteiger partial charge in [0.2, 0.25) is 14.9 Å². The van der Waals surface area contributed by atoms with Crippen LogP contribution in [0.2, 0.25) is 0 Å². The summed E-state index contributed by atoms with van der Waals surface area (Å²) in [7, 11) is -2.46. The number of aromatic nitrogens is 3. The lowest BCUT2D eigenvalue weighted by Gasteiger charge is -2.10. The highest BCUT2D eigenvalue weighted by atomic mass is 32.2. The smallest absolute Gasteiger partial charge is 0.228 e. The average Bonchev–Trinajstić information content (AvgIpc) is 3.21. The summed E-state index contributed by atoms with van der Waals surface area (Å²) < 4.78 is 33.5. The van der Waals surface area contributed by atoms with Crippen LogP contribution < -0.4 is 10.5 Å². The van der Waals surface area contributed by atoms with E-state index in [2.05, 4.69) is 10.3 Å². The number of rotatable bonds is 5. The number of nitrogens with zero attached hydrogens (tertiary/aromatic N) is 3. The predicted octanol–water partition coefficient (Wildman–Crippen LogP) is 3.36. The fourth-order valence-electron chi connectivity index (χ4n) is 2.97. The van der Waals surface area contributed by atoms with E-state index in [1.54, 1.807) is 36.4 Å². The third-order valence-corrected chi connectivity index (χ3v) is 6.09. The molecule has 0 aliphatic rings. The highest BCUT2D eigenvalue weighted by molar-refractivity contribution is 7.91. The molecule has 0 amide bonds. The van der Waals surface area contributed by atoms with Crippen LogP contribution in [0.25, 0.3) is 16.9 Å². The van der Waals surface area contributed by atoms with Crippen molar-refractivity contribution in [3.63, 3.8) is 0 Å². The molecule has 3 aromatic carbocycles. The lowest BCUT2D eigenvalue weighted by atomic mass is 10.1. The van der Waals surface area contributed by atoms with Gasteiger partial charge in [0.1, 0.15) is 11.4 Å². The summed E-state index contributed by atoms with van der Waals surface area (Å²) in [5.74, 6) is 0.443. The van der Waals surface area contributed by atoms with Crippen molar-refractivity contribution in [1.29, 1.82) is 0 Å². The minimum absolute atomic E-state index is 0.0818. The van der Waals surface area contributed by atoms with Gasteiger partial charge in [-0.15, -0.1) is 5.10 Å². The molecule has 0 bridgehead atoms. The van der Waals surface area contributed by atoms with Crippen LogP contribution in [0.1, 0.15) is 0 Å². The Morgan fingerprint density at radius 3 is 2.34 bits per heavy atom. The van der Waals surface area contributed by atoms with E-state index in [0.717, 1.165) is 0 Å². The molecule has 0 fully saturated rings. The molecule has 1 aromatic heterocycles. The number of hydrogen-bond acceptors (Lipinski definition) is 6. The minimum atomic E-state index is -3.94. The second-order valence-electron chi connectivity index (χ2n) is 6.29. The van der Waals surface area contributed by atoms with Crippen molar-refractivity contribution >= 4 is 15.5 Å². The molecule has 0 spiro atoms. The first kappa shape index (κ1) is 18.7. The number of sulfone groups is 1. The number of benzene rings is 3. The van der Waals surface area contributed by atoms with Gasteiger partial charge < -0.3 is 10.5 Å². The summed E-state index contributed by atoms with van der Waals surface area (Å²) in [4.78, 5) is 0.0818. The minimum Gasteiger partial charge on any atom is -0.497 e. The van der Waals surface area contributed by atoms with Crippen LogP contribution in [0.5, 0.6) is 5.75 Å². The van der Waals surface area contributed by atoms with Gasteiger partial charge in [-0.2, -0.15) is 0 Å². The van der Waals surface area contributed by atoms with Crippen LogP contribution in [-0.2, 0) is 9.84 Å². The normalized spacial score (nSPS) is 11.3. The molecule has 2 N–H and O–H groups in total. The van der Waals surface area contributed by atoms with Crippen LogP contribution in [0.3, 0.4) is 0 Å². The summed E-state index contributed by atoms with van der Waals surface area (Å²) in [5, 5.41) is 8.06. The maximum atomic E-state index is 13.4. The fourth-order valence-corrected chi connectivity index (χ4v) is 4.32. The highest BCUT2D eigenvalue weighted by Crippen LogP contribution is 2.32. The zero-order valence-electron chi connectivity index (χ0n) is 15.6. The standard InChI is InChI=1S/C21H18N4O3S/c1-28-18-8-5-9-19(14-18)29(26,27)21-20(15-6-3-2-4-7-15)25(24-23-21)17-12-10-16(22)11-13-17/h2-14H,22H2,1H3. The zero-order valence-corrected chi connectivity index (χ0v) is 16.4. The van der Waals surface area contributed by atoms with Crippen molar-refractivity contribution in [3.05, 3.63) is 78.9 Å². The SMILES string of the molecule is COc1cccc(S(=O)(=O)c2nnn(-c3ccc(N)cc3)c2-c2ccccc2)c1. The third-order valence-electron chi connectivity index (χ3n) is 4.43. The van der Waals surface area contributed by atoms with Crippen LogP contribution in [-0.4, -0.2) is 30.5 Å². The van der Waals surface area contributed by atoms with Crippen LogP contribution in [0, 0.1) is 0 Å². The van der Waals surface area contributed by atoms with Gasteiger partial charge in [-0.1, -0.05) is 41.6 Å². The Kier molecular flexibility index (Phi) is 4.77. The fraction of sp³-hybridized carbons (Fsp3) is 0.0476. The molecular formula is C21H18N4O3S. The molecule has 146 valence electrons. The van der Waals surface area contributed by atoms with Gasteiger partial charge in [-0.25, -0.2) is 13.1 Å². The Morgan fingerprint density at radius 2 is 1.66 bits per heavy atom. The molecule has 0 aliphatic heterocycles. The molecule has 0 saturated heterocycles. The molecule has 4 aromatic rings. The molecule has 0 aliphatic carbocycles. The summed E-state index contributed by atoms with van der Waals surface area (Å²) in [6.07, 6.45) is 0. The highest BCUT2D eigenvalue weighted by Gasteiger charge is 2.29. The van der Waals surface area contributed by atoms with Crippen LogP contribution in [0.4, 0.5) is 5.69 Å². The molecule has 0 radical (unpaired) electrons. The molecule has 7 nitrogen and oxygen atoms in total. The molecule has 0 saturated carbocycles. The van der Waals surface area contributed by atoms with Crippen LogP contribution >= 0.6 is 0 Å². The lowest BCUT2D eigenvalue weighted by molar-refractivity contribution is 0.413. The van der Waals surface area contributed by atoms with Crippen molar-refractivity contribution < 1.29 is 13.2 Å². The first-order chi connectivity index (χ1) is 14.0. The number of nitrogen functional groups attached to an aromatic ring is 1. The number of hydrogen-bond donors (Lipinski definition) is 1. The topological polar surface area (TPSA) is 100 Å². The molecule has 29 heavy (non-hydrogen) atoms. The summed E-state index contributed by atoms with van der Waals surface area (Å²) >= 11 is 0. The average molecular weight is 406 g/mol. The molecular weight excluding hydrogens is 388 g/mol. The number of anilines is 1. The Morgan fingerprint density at radius 1 is 0.931 bits per heavy atom.